The van der Waals surface area contributed by atoms with Gasteiger partial charge in [0.05, 0.1) is 5.56 Å². The standard InChI is InChI=1S/C25H31F3N2O2/c1-18-6-5-7-22(16-18)30(17-19-8-10-20(11-9-19)25(26,27)28)21-12-14-29(15-13-21)23(31)32-24(2,3)4/h5-11,16,21H,12-15,17H2,1-4H3. The minimum atomic E-state index is -4.34. The van der Waals surface area contributed by atoms with Gasteiger partial charge in [0.25, 0.3) is 0 Å². The maximum atomic E-state index is 12.9. The number of alkyl halides is 3. The van der Waals surface area contributed by atoms with Crippen LogP contribution in [0.5, 0.6) is 0 Å². The monoisotopic (exact) mass is 448 g/mol. The summed E-state index contributed by atoms with van der Waals surface area (Å²) in [4.78, 5) is 16.4. The highest BCUT2D eigenvalue weighted by atomic mass is 19.4. The molecule has 4 nitrogen and oxygen atoms in total. The maximum absolute atomic E-state index is 12.9. The number of amides is 1. The van der Waals surface area contributed by atoms with E-state index in [9.17, 15) is 18.0 Å². The topological polar surface area (TPSA) is 32.8 Å². The van der Waals surface area contributed by atoms with Crippen molar-refractivity contribution in [2.75, 3.05) is 18.0 Å². The van der Waals surface area contributed by atoms with Gasteiger partial charge >= 0.3 is 12.3 Å². The summed E-state index contributed by atoms with van der Waals surface area (Å²) in [6.45, 7) is 9.22. The molecule has 32 heavy (non-hydrogen) atoms. The fourth-order valence-electron chi connectivity index (χ4n) is 3.92. The molecule has 1 heterocycles. The van der Waals surface area contributed by atoms with Gasteiger partial charge in [-0.05, 0) is 75.9 Å². The lowest BCUT2D eigenvalue weighted by Gasteiger charge is -2.40. The van der Waals surface area contributed by atoms with E-state index in [1.54, 1.807) is 17.0 Å². The summed E-state index contributed by atoms with van der Waals surface area (Å²) < 4.78 is 44.3. The number of carbonyl (C=O) groups is 1. The first-order valence-electron chi connectivity index (χ1n) is 10.9. The molecule has 0 saturated carbocycles. The Morgan fingerprint density at radius 2 is 1.69 bits per heavy atom. The molecule has 0 N–H and O–H groups in total. The Hall–Kier alpha value is -2.70. The molecule has 1 aliphatic rings. The van der Waals surface area contributed by atoms with Crippen LogP contribution in [-0.4, -0.2) is 35.7 Å². The number of halogens is 3. The summed E-state index contributed by atoms with van der Waals surface area (Å²) in [6, 6.07) is 13.6. The summed E-state index contributed by atoms with van der Waals surface area (Å²) in [6.07, 6.45) is -3.13. The largest absolute Gasteiger partial charge is 0.444 e. The third-order valence-electron chi connectivity index (χ3n) is 5.52. The number of hydrogen-bond acceptors (Lipinski definition) is 3. The van der Waals surface area contributed by atoms with Crippen LogP contribution in [0.15, 0.2) is 48.5 Å². The van der Waals surface area contributed by atoms with Crippen LogP contribution in [0.2, 0.25) is 0 Å². The van der Waals surface area contributed by atoms with Gasteiger partial charge in [-0.15, -0.1) is 0 Å². The van der Waals surface area contributed by atoms with E-state index < -0.39 is 17.3 Å². The van der Waals surface area contributed by atoms with E-state index in [4.69, 9.17) is 4.74 Å². The second kappa shape index (κ2) is 9.43. The number of aryl methyl sites for hydroxylation is 1. The minimum Gasteiger partial charge on any atom is -0.444 e. The zero-order valence-electron chi connectivity index (χ0n) is 19.1. The molecule has 2 aromatic carbocycles. The number of likely N-dealkylation sites (tertiary alicyclic amines) is 1. The van der Waals surface area contributed by atoms with Crippen molar-refractivity contribution in [3.05, 3.63) is 65.2 Å². The summed E-state index contributed by atoms with van der Waals surface area (Å²) in [5, 5.41) is 0. The highest BCUT2D eigenvalue weighted by Gasteiger charge is 2.31. The predicted molar refractivity (Wildman–Crippen MR) is 120 cm³/mol. The molecule has 174 valence electrons. The van der Waals surface area contributed by atoms with Gasteiger partial charge in [-0.1, -0.05) is 24.3 Å². The van der Waals surface area contributed by atoms with Crippen LogP contribution in [-0.2, 0) is 17.5 Å². The molecule has 1 amide bonds. The molecular weight excluding hydrogens is 417 g/mol. The Kier molecular flexibility index (Phi) is 7.06. The van der Waals surface area contributed by atoms with Crippen LogP contribution in [0, 0.1) is 6.92 Å². The van der Waals surface area contributed by atoms with Gasteiger partial charge in [-0.25, -0.2) is 4.79 Å². The number of rotatable bonds is 4. The number of nitrogens with zero attached hydrogens (tertiary/aromatic N) is 2. The van der Waals surface area contributed by atoms with Crippen LogP contribution >= 0.6 is 0 Å². The molecule has 0 radical (unpaired) electrons. The fraction of sp³-hybridized carbons (Fsp3) is 0.480. The third-order valence-corrected chi connectivity index (χ3v) is 5.52. The smallest absolute Gasteiger partial charge is 0.416 e. The molecule has 3 rings (SSSR count). The molecule has 1 fully saturated rings. The number of carbonyl (C=O) groups excluding carboxylic acids is 1. The van der Waals surface area contributed by atoms with Crippen molar-refractivity contribution in [2.45, 2.75) is 64.9 Å². The second-order valence-corrected chi connectivity index (χ2v) is 9.36. The molecule has 0 atom stereocenters. The van der Waals surface area contributed by atoms with E-state index in [2.05, 4.69) is 11.0 Å². The summed E-state index contributed by atoms with van der Waals surface area (Å²) >= 11 is 0. The first-order valence-corrected chi connectivity index (χ1v) is 10.9. The highest BCUT2D eigenvalue weighted by molar-refractivity contribution is 5.68. The first-order chi connectivity index (χ1) is 14.9. The van der Waals surface area contributed by atoms with Crippen LogP contribution in [0.3, 0.4) is 0 Å². The van der Waals surface area contributed by atoms with Crippen molar-refractivity contribution >= 4 is 11.8 Å². The van der Waals surface area contributed by atoms with E-state index in [-0.39, 0.29) is 12.1 Å². The zero-order valence-corrected chi connectivity index (χ0v) is 19.1. The summed E-state index contributed by atoms with van der Waals surface area (Å²) in [5.41, 5.74) is 1.78. The summed E-state index contributed by atoms with van der Waals surface area (Å²) in [5.74, 6) is 0. The molecule has 0 unspecified atom stereocenters. The van der Waals surface area contributed by atoms with Crippen molar-refractivity contribution in [3.63, 3.8) is 0 Å². The SMILES string of the molecule is Cc1cccc(N(Cc2ccc(C(F)(F)F)cc2)C2CCN(C(=O)OC(C)(C)C)CC2)c1. The molecular formula is C25H31F3N2O2. The number of hydrogen-bond donors (Lipinski definition) is 0. The molecule has 2 aromatic rings. The molecule has 0 bridgehead atoms. The van der Waals surface area contributed by atoms with Crippen molar-refractivity contribution in [2.24, 2.45) is 0 Å². The van der Waals surface area contributed by atoms with E-state index in [0.29, 0.717) is 19.6 Å². The Labute approximate surface area is 188 Å². The van der Waals surface area contributed by atoms with E-state index >= 15 is 0 Å². The average Bonchev–Trinajstić information content (AvgIpc) is 2.70. The molecule has 0 spiro atoms. The Balaban J connectivity index is 1.75. The van der Waals surface area contributed by atoms with Gasteiger partial charge in [0.1, 0.15) is 5.60 Å². The van der Waals surface area contributed by atoms with Crippen molar-refractivity contribution in [3.8, 4) is 0 Å². The average molecular weight is 449 g/mol. The quantitative estimate of drug-likeness (QED) is 0.541. The molecule has 0 aliphatic carbocycles. The lowest BCUT2D eigenvalue weighted by atomic mass is 10.0. The zero-order chi connectivity index (χ0) is 23.5. The fourth-order valence-corrected chi connectivity index (χ4v) is 3.92. The predicted octanol–water partition coefficient (Wildman–Crippen LogP) is 6.42. The Morgan fingerprint density at radius 3 is 2.22 bits per heavy atom. The van der Waals surface area contributed by atoms with Crippen LogP contribution < -0.4 is 4.90 Å². The van der Waals surface area contributed by atoms with E-state index in [1.807, 2.05) is 45.9 Å². The first kappa shape index (κ1) is 24.0. The summed E-state index contributed by atoms with van der Waals surface area (Å²) in [7, 11) is 0. The van der Waals surface area contributed by atoms with Crippen molar-refractivity contribution in [1.29, 1.82) is 0 Å². The van der Waals surface area contributed by atoms with Crippen molar-refractivity contribution in [1.82, 2.24) is 4.90 Å². The van der Waals surface area contributed by atoms with Crippen LogP contribution in [0.25, 0.3) is 0 Å². The number of anilines is 1. The molecule has 1 saturated heterocycles. The van der Waals surface area contributed by atoms with Crippen LogP contribution in [0.1, 0.15) is 50.3 Å². The van der Waals surface area contributed by atoms with Gasteiger partial charge in [0.15, 0.2) is 0 Å². The third kappa shape index (κ3) is 6.40. The molecule has 1 aliphatic heterocycles. The Bertz CT molecular complexity index is 912. The van der Waals surface area contributed by atoms with Gasteiger partial charge in [-0.3, -0.25) is 0 Å². The lowest BCUT2D eigenvalue weighted by Crippen LogP contribution is -2.48. The second-order valence-electron chi connectivity index (χ2n) is 9.36. The highest BCUT2D eigenvalue weighted by Crippen LogP contribution is 2.31. The van der Waals surface area contributed by atoms with Gasteiger partial charge in [0, 0.05) is 31.4 Å². The van der Waals surface area contributed by atoms with E-state index in [1.165, 1.54) is 0 Å². The Morgan fingerprint density at radius 1 is 1.06 bits per heavy atom. The van der Waals surface area contributed by atoms with Crippen LogP contribution in [0.4, 0.5) is 23.7 Å². The van der Waals surface area contributed by atoms with Gasteiger partial charge < -0.3 is 14.5 Å². The number of piperidine rings is 1. The normalized spacial score (nSPS) is 15.5. The molecule has 7 heteroatoms. The lowest BCUT2D eigenvalue weighted by molar-refractivity contribution is -0.137. The van der Waals surface area contributed by atoms with Gasteiger partial charge in [0.2, 0.25) is 0 Å². The number of ether oxygens (including phenoxy) is 1. The minimum absolute atomic E-state index is 0.165. The van der Waals surface area contributed by atoms with Crippen molar-refractivity contribution < 1.29 is 22.7 Å². The number of benzene rings is 2. The van der Waals surface area contributed by atoms with E-state index in [0.717, 1.165) is 41.8 Å². The molecule has 0 aromatic heterocycles. The van der Waals surface area contributed by atoms with Gasteiger partial charge in [-0.2, -0.15) is 13.2 Å². The maximum Gasteiger partial charge on any atom is 0.416 e.